The van der Waals surface area contributed by atoms with Crippen LogP contribution < -0.4 is 5.73 Å². The van der Waals surface area contributed by atoms with E-state index in [0.717, 1.165) is 6.42 Å². The second-order valence-corrected chi connectivity index (χ2v) is 4.21. The molecule has 0 saturated carbocycles. The molecule has 1 heterocycles. The Morgan fingerprint density at radius 3 is 2.54 bits per heavy atom. The van der Waals surface area contributed by atoms with Gasteiger partial charge in [-0.05, 0) is 51.7 Å². The van der Waals surface area contributed by atoms with Gasteiger partial charge in [0.05, 0.1) is 0 Å². The first-order valence-corrected chi connectivity index (χ1v) is 5.81. The Balaban J connectivity index is 1.98. The van der Waals surface area contributed by atoms with Crippen molar-refractivity contribution in [1.82, 2.24) is 4.90 Å². The molecule has 0 aromatic rings. The summed E-state index contributed by atoms with van der Waals surface area (Å²) >= 11 is 0. The molecular weight excluding hydrogens is 160 g/mol. The van der Waals surface area contributed by atoms with E-state index in [1.54, 1.807) is 0 Å². The second kappa shape index (κ2) is 6.39. The molecular formula is C11H24N2. The van der Waals surface area contributed by atoms with Gasteiger partial charge in [0.15, 0.2) is 0 Å². The van der Waals surface area contributed by atoms with Crippen molar-refractivity contribution >= 4 is 0 Å². The summed E-state index contributed by atoms with van der Waals surface area (Å²) in [6, 6.07) is 0.435. The van der Waals surface area contributed by atoms with Gasteiger partial charge in [-0.1, -0.05) is 13.3 Å². The van der Waals surface area contributed by atoms with E-state index in [4.69, 9.17) is 5.73 Å². The Hall–Kier alpha value is -0.0800. The molecule has 2 nitrogen and oxygen atoms in total. The predicted octanol–water partition coefficient (Wildman–Crippen LogP) is 1.99. The molecule has 0 amide bonds. The molecule has 0 aromatic carbocycles. The minimum absolute atomic E-state index is 0.435. The number of piperidine rings is 1. The molecule has 0 radical (unpaired) electrons. The van der Waals surface area contributed by atoms with Gasteiger partial charge in [0.2, 0.25) is 0 Å². The first-order chi connectivity index (χ1) is 6.33. The van der Waals surface area contributed by atoms with Crippen LogP contribution in [0.15, 0.2) is 0 Å². The lowest BCUT2D eigenvalue weighted by Crippen LogP contribution is -2.31. The first kappa shape index (κ1) is 11.0. The van der Waals surface area contributed by atoms with Crippen molar-refractivity contribution in [2.24, 2.45) is 5.73 Å². The van der Waals surface area contributed by atoms with Crippen molar-refractivity contribution in [2.75, 3.05) is 19.6 Å². The summed E-state index contributed by atoms with van der Waals surface area (Å²) in [5.74, 6) is 0. The Morgan fingerprint density at radius 1 is 1.23 bits per heavy atom. The zero-order chi connectivity index (χ0) is 9.52. The van der Waals surface area contributed by atoms with Gasteiger partial charge >= 0.3 is 0 Å². The second-order valence-electron chi connectivity index (χ2n) is 4.21. The van der Waals surface area contributed by atoms with Crippen molar-refractivity contribution in [3.05, 3.63) is 0 Å². The minimum Gasteiger partial charge on any atom is -0.328 e. The molecule has 0 bridgehead atoms. The van der Waals surface area contributed by atoms with Gasteiger partial charge in [-0.15, -0.1) is 0 Å². The Bertz CT molecular complexity index is 119. The van der Waals surface area contributed by atoms with Crippen LogP contribution in [0.1, 0.15) is 45.4 Å². The number of hydrogen-bond acceptors (Lipinski definition) is 2. The molecule has 78 valence electrons. The van der Waals surface area contributed by atoms with Crippen LogP contribution in [-0.2, 0) is 0 Å². The fraction of sp³-hybridized carbons (Fsp3) is 1.00. The smallest absolute Gasteiger partial charge is 0.00366 e. The fourth-order valence-corrected chi connectivity index (χ4v) is 1.96. The van der Waals surface area contributed by atoms with Crippen LogP contribution in [0, 0.1) is 0 Å². The lowest BCUT2D eigenvalue weighted by molar-refractivity contribution is 0.223. The highest BCUT2D eigenvalue weighted by atomic mass is 15.1. The summed E-state index contributed by atoms with van der Waals surface area (Å²) in [5.41, 5.74) is 5.87. The summed E-state index contributed by atoms with van der Waals surface area (Å²) in [6.45, 7) is 6.09. The zero-order valence-corrected chi connectivity index (χ0v) is 8.97. The molecule has 0 spiro atoms. The third-order valence-corrected chi connectivity index (χ3v) is 3.02. The van der Waals surface area contributed by atoms with Crippen LogP contribution in [0.2, 0.25) is 0 Å². The van der Waals surface area contributed by atoms with Gasteiger partial charge in [-0.2, -0.15) is 0 Å². The van der Waals surface area contributed by atoms with Gasteiger partial charge in [0.1, 0.15) is 0 Å². The summed E-state index contributed by atoms with van der Waals surface area (Å²) in [4.78, 5) is 2.59. The number of nitrogens with two attached hydrogens (primary N) is 1. The monoisotopic (exact) mass is 184 g/mol. The molecule has 1 aliphatic rings. The molecule has 1 fully saturated rings. The number of rotatable bonds is 5. The van der Waals surface area contributed by atoms with Crippen molar-refractivity contribution in [1.29, 1.82) is 0 Å². The summed E-state index contributed by atoms with van der Waals surface area (Å²) in [6.07, 6.45) is 7.85. The quantitative estimate of drug-likeness (QED) is 0.708. The van der Waals surface area contributed by atoms with Crippen LogP contribution in [0.3, 0.4) is 0 Å². The largest absolute Gasteiger partial charge is 0.328 e. The van der Waals surface area contributed by atoms with E-state index >= 15 is 0 Å². The summed E-state index contributed by atoms with van der Waals surface area (Å²) in [5, 5.41) is 0. The highest BCUT2D eigenvalue weighted by Crippen LogP contribution is 2.10. The molecule has 2 N–H and O–H groups in total. The molecule has 1 unspecified atom stereocenters. The Labute approximate surface area is 82.5 Å². The van der Waals surface area contributed by atoms with Crippen LogP contribution >= 0.6 is 0 Å². The summed E-state index contributed by atoms with van der Waals surface area (Å²) in [7, 11) is 0. The summed E-state index contributed by atoms with van der Waals surface area (Å²) < 4.78 is 0. The van der Waals surface area contributed by atoms with E-state index in [2.05, 4.69) is 11.8 Å². The average Bonchev–Trinajstić information content (AvgIpc) is 2.19. The van der Waals surface area contributed by atoms with E-state index in [0.29, 0.717) is 6.04 Å². The highest BCUT2D eigenvalue weighted by Gasteiger charge is 2.09. The molecule has 0 aromatic heterocycles. The third kappa shape index (κ3) is 4.63. The van der Waals surface area contributed by atoms with E-state index in [1.807, 2.05) is 0 Å². The van der Waals surface area contributed by atoms with Crippen molar-refractivity contribution in [3.63, 3.8) is 0 Å². The molecule has 1 aliphatic heterocycles. The third-order valence-electron chi connectivity index (χ3n) is 3.02. The van der Waals surface area contributed by atoms with Gasteiger partial charge < -0.3 is 10.6 Å². The van der Waals surface area contributed by atoms with Gasteiger partial charge in [-0.25, -0.2) is 0 Å². The van der Waals surface area contributed by atoms with E-state index in [1.165, 1.54) is 51.7 Å². The molecule has 13 heavy (non-hydrogen) atoms. The van der Waals surface area contributed by atoms with Crippen molar-refractivity contribution < 1.29 is 0 Å². The Morgan fingerprint density at radius 2 is 1.92 bits per heavy atom. The van der Waals surface area contributed by atoms with Gasteiger partial charge in [0, 0.05) is 6.04 Å². The molecule has 0 aliphatic carbocycles. The topological polar surface area (TPSA) is 29.3 Å². The van der Waals surface area contributed by atoms with E-state index in [-0.39, 0.29) is 0 Å². The molecule has 1 saturated heterocycles. The van der Waals surface area contributed by atoms with Gasteiger partial charge in [0.25, 0.3) is 0 Å². The number of likely N-dealkylation sites (tertiary alicyclic amines) is 1. The number of nitrogens with zero attached hydrogens (tertiary/aromatic N) is 1. The Kier molecular flexibility index (Phi) is 5.40. The highest BCUT2D eigenvalue weighted by molar-refractivity contribution is 4.66. The average molecular weight is 184 g/mol. The van der Waals surface area contributed by atoms with Crippen LogP contribution in [0.4, 0.5) is 0 Å². The molecule has 1 atom stereocenters. The lowest BCUT2D eigenvalue weighted by Gasteiger charge is -2.26. The van der Waals surface area contributed by atoms with E-state index < -0.39 is 0 Å². The van der Waals surface area contributed by atoms with Crippen molar-refractivity contribution in [2.45, 2.75) is 51.5 Å². The standard InChI is InChI=1S/C11H24N2/c1-2-11(12)7-6-10-13-8-4-3-5-9-13/h11H,2-10,12H2,1H3. The lowest BCUT2D eigenvalue weighted by atomic mass is 10.1. The van der Waals surface area contributed by atoms with Crippen LogP contribution in [0.25, 0.3) is 0 Å². The maximum Gasteiger partial charge on any atom is 0.00366 e. The first-order valence-electron chi connectivity index (χ1n) is 5.81. The van der Waals surface area contributed by atoms with Crippen LogP contribution in [0.5, 0.6) is 0 Å². The van der Waals surface area contributed by atoms with E-state index in [9.17, 15) is 0 Å². The number of hydrogen-bond donors (Lipinski definition) is 1. The maximum absolute atomic E-state index is 5.87. The molecule has 1 rings (SSSR count). The predicted molar refractivity (Wildman–Crippen MR) is 57.8 cm³/mol. The van der Waals surface area contributed by atoms with Crippen molar-refractivity contribution in [3.8, 4) is 0 Å². The minimum atomic E-state index is 0.435. The maximum atomic E-state index is 5.87. The van der Waals surface area contributed by atoms with Crippen LogP contribution in [-0.4, -0.2) is 30.6 Å². The molecule has 2 heteroatoms. The normalized spacial score (nSPS) is 21.7. The fourth-order valence-electron chi connectivity index (χ4n) is 1.96. The SMILES string of the molecule is CCC(N)CCCN1CCCCC1. The van der Waals surface area contributed by atoms with Gasteiger partial charge in [-0.3, -0.25) is 0 Å². The zero-order valence-electron chi connectivity index (χ0n) is 8.97.